The molecule has 0 bridgehead atoms. The Kier molecular flexibility index (Phi) is 5.13. The molecular formula is C16H24N3O3+. The van der Waals surface area contributed by atoms with Crippen LogP contribution in [0.4, 0.5) is 11.4 Å². The van der Waals surface area contributed by atoms with E-state index in [2.05, 4.69) is 19.2 Å². The van der Waals surface area contributed by atoms with E-state index in [-0.39, 0.29) is 23.3 Å². The van der Waals surface area contributed by atoms with Gasteiger partial charge in [-0.3, -0.25) is 14.9 Å². The van der Waals surface area contributed by atoms with E-state index in [1.165, 1.54) is 17.4 Å². The Hall–Kier alpha value is -1.95. The summed E-state index contributed by atoms with van der Waals surface area (Å²) in [4.78, 5) is 24.2. The fraction of sp³-hybridized carbons (Fsp3) is 0.562. The number of hydrogen-bond donors (Lipinski definition) is 2. The van der Waals surface area contributed by atoms with Gasteiger partial charge in [0.1, 0.15) is 5.69 Å². The Balaban J connectivity index is 2.07. The van der Waals surface area contributed by atoms with E-state index in [1.807, 2.05) is 6.92 Å². The number of anilines is 1. The van der Waals surface area contributed by atoms with E-state index in [0.717, 1.165) is 13.1 Å². The topological polar surface area (TPSA) is 76.7 Å². The maximum absolute atomic E-state index is 12.4. The number of quaternary nitrogens is 1. The number of nitro groups is 1. The standard InChI is InChI=1S/C16H23N3O3/c1-11-8-12(2)10-18(9-11)13(3)16(20)17-14-6-4-5-7-15(14)19(21)22/h4-7,11-13H,8-10H2,1-3H3,(H,17,20)/p+1/t11-,12+,13-/m0/s1. The van der Waals surface area contributed by atoms with Gasteiger partial charge in [-0.1, -0.05) is 26.0 Å². The quantitative estimate of drug-likeness (QED) is 0.653. The minimum atomic E-state index is -0.474. The number of nitrogens with one attached hydrogen (secondary N) is 2. The van der Waals surface area contributed by atoms with Gasteiger partial charge in [0.25, 0.3) is 11.6 Å². The zero-order valence-corrected chi connectivity index (χ0v) is 13.3. The molecule has 0 saturated carbocycles. The number of likely N-dealkylation sites (tertiary alicyclic amines) is 1. The lowest BCUT2D eigenvalue weighted by molar-refractivity contribution is -0.925. The number of piperidine rings is 1. The summed E-state index contributed by atoms with van der Waals surface area (Å²) in [5.41, 5.74) is 0.195. The second-order valence-corrected chi connectivity index (χ2v) is 6.50. The Morgan fingerprint density at radius 3 is 2.50 bits per heavy atom. The van der Waals surface area contributed by atoms with Gasteiger partial charge in [-0.05, 0) is 19.4 Å². The maximum atomic E-state index is 12.4. The molecule has 6 heteroatoms. The number of carbonyl (C=O) groups excluding carboxylic acids is 1. The van der Waals surface area contributed by atoms with Crippen molar-refractivity contribution in [3.8, 4) is 0 Å². The highest BCUT2D eigenvalue weighted by atomic mass is 16.6. The molecule has 1 amide bonds. The Labute approximate surface area is 130 Å². The normalized spacial score (nSPS) is 26.2. The molecule has 1 saturated heterocycles. The van der Waals surface area contributed by atoms with E-state index in [9.17, 15) is 14.9 Å². The molecule has 2 N–H and O–H groups in total. The first-order chi connectivity index (χ1) is 10.4. The number of benzene rings is 1. The van der Waals surface area contributed by atoms with Crippen molar-refractivity contribution < 1.29 is 14.6 Å². The van der Waals surface area contributed by atoms with Gasteiger partial charge in [0.15, 0.2) is 6.04 Å². The number of rotatable bonds is 4. The molecule has 6 nitrogen and oxygen atoms in total. The lowest BCUT2D eigenvalue weighted by Crippen LogP contribution is -3.18. The molecular weight excluding hydrogens is 282 g/mol. The van der Waals surface area contributed by atoms with Crippen molar-refractivity contribution in [1.82, 2.24) is 0 Å². The largest absolute Gasteiger partial charge is 0.324 e. The van der Waals surface area contributed by atoms with E-state index in [4.69, 9.17) is 0 Å². The van der Waals surface area contributed by atoms with Crippen LogP contribution in [0, 0.1) is 22.0 Å². The van der Waals surface area contributed by atoms with Crippen LogP contribution < -0.4 is 10.2 Å². The zero-order chi connectivity index (χ0) is 16.3. The van der Waals surface area contributed by atoms with Gasteiger partial charge in [0, 0.05) is 17.9 Å². The summed E-state index contributed by atoms with van der Waals surface area (Å²) in [5, 5.41) is 13.7. The number of amides is 1. The first-order valence-corrected chi connectivity index (χ1v) is 7.77. The summed E-state index contributed by atoms with van der Waals surface area (Å²) in [6, 6.07) is 6.03. The van der Waals surface area contributed by atoms with Crippen molar-refractivity contribution in [2.75, 3.05) is 18.4 Å². The van der Waals surface area contributed by atoms with Gasteiger partial charge >= 0.3 is 0 Å². The Morgan fingerprint density at radius 1 is 1.32 bits per heavy atom. The summed E-state index contributed by atoms with van der Waals surface area (Å²) in [7, 11) is 0. The Bertz CT molecular complexity index is 551. The highest BCUT2D eigenvalue weighted by molar-refractivity contribution is 5.95. The van der Waals surface area contributed by atoms with Crippen molar-refractivity contribution >= 4 is 17.3 Å². The molecule has 0 aromatic heterocycles. The van der Waals surface area contributed by atoms with Crippen molar-refractivity contribution in [2.45, 2.75) is 33.2 Å². The van der Waals surface area contributed by atoms with Crippen molar-refractivity contribution in [3.63, 3.8) is 0 Å². The van der Waals surface area contributed by atoms with Crippen LogP contribution >= 0.6 is 0 Å². The number of nitro benzene ring substituents is 1. The molecule has 1 aromatic carbocycles. The molecule has 120 valence electrons. The highest BCUT2D eigenvalue weighted by Crippen LogP contribution is 2.23. The summed E-state index contributed by atoms with van der Waals surface area (Å²) >= 11 is 0. The molecule has 1 unspecified atom stereocenters. The van der Waals surface area contributed by atoms with Crippen LogP contribution in [0.5, 0.6) is 0 Å². The average molecular weight is 306 g/mol. The fourth-order valence-corrected chi connectivity index (χ4v) is 3.35. The molecule has 0 aliphatic carbocycles. The molecule has 4 atom stereocenters. The van der Waals surface area contributed by atoms with Crippen LogP contribution in [0.25, 0.3) is 0 Å². The summed E-state index contributed by atoms with van der Waals surface area (Å²) in [6.45, 7) is 8.25. The molecule has 2 rings (SSSR count). The van der Waals surface area contributed by atoms with Crippen LogP contribution in [0.1, 0.15) is 27.2 Å². The molecule has 0 radical (unpaired) electrons. The second kappa shape index (κ2) is 6.87. The van der Waals surface area contributed by atoms with Crippen LogP contribution in [-0.2, 0) is 4.79 Å². The van der Waals surface area contributed by atoms with Gasteiger partial charge in [-0.25, -0.2) is 0 Å². The smallest absolute Gasteiger partial charge is 0.292 e. The average Bonchev–Trinajstić information content (AvgIpc) is 2.45. The monoisotopic (exact) mass is 306 g/mol. The maximum Gasteiger partial charge on any atom is 0.292 e. The third-order valence-corrected chi connectivity index (χ3v) is 4.39. The van der Waals surface area contributed by atoms with Gasteiger partial charge in [0.2, 0.25) is 0 Å². The van der Waals surface area contributed by atoms with Crippen molar-refractivity contribution in [2.24, 2.45) is 11.8 Å². The van der Waals surface area contributed by atoms with Crippen LogP contribution in [0.15, 0.2) is 24.3 Å². The summed E-state index contributed by atoms with van der Waals surface area (Å²) < 4.78 is 0. The predicted octanol–water partition coefficient (Wildman–Crippen LogP) is 1.48. The van der Waals surface area contributed by atoms with Crippen LogP contribution in [0.2, 0.25) is 0 Å². The summed E-state index contributed by atoms with van der Waals surface area (Å²) in [5.74, 6) is 1.03. The van der Waals surface area contributed by atoms with E-state index in [1.54, 1.807) is 18.2 Å². The van der Waals surface area contributed by atoms with Gasteiger partial charge in [0.05, 0.1) is 18.0 Å². The summed E-state index contributed by atoms with van der Waals surface area (Å²) in [6.07, 6.45) is 1.20. The van der Waals surface area contributed by atoms with E-state index < -0.39 is 4.92 Å². The highest BCUT2D eigenvalue weighted by Gasteiger charge is 2.33. The fourth-order valence-electron chi connectivity index (χ4n) is 3.35. The van der Waals surface area contributed by atoms with Crippen LogP contribution in [-0.4, -0.2) is 30.0 Å². The lowest BCUT2D eigenvalue weighted by atomic mass is 9.91. The Morgan fingerprint density at radius 2 is 1.91 bits per heavy atom. The molecule has 1 fully saturated rings. The number of carbonyl (C=O) groups is 1. The molecule has 0 spiro atoms. The first kappa shape index (κ1) is 16.4. The minimum Gasteiger partial charge on any atom is -0.324 e. The molecule has 1 aromatic rings. The predicted molar refractivity (Wildman–Crippen MR) is 84.8 cm³/mol. The van der Waals surface area contributed by atoms with Crippen molar-refractivity contribution in [1.29, 1.82) is 0 Å². The van der Waals surface area contributed by atoms with Gasteiger partial charge in [-0.15, -0.1) is 0 Å². The zero-order valence-electron chi connectivity index (χ0n) is 13.3. The van der Waals surface area contributed by atoms with Gasteiger partial charge < -0.3 is 10.2 Å². The third kappa shape index (κ3) is 3.82. The lowest BCUT2D eigenvalue weighted by Gasteiger charge is -2.35. The number of nitrogens with zero attached hydrogens (tertiary/aromatic N) is 1. The van der Waals surface area contributed by atoms with Crippen LogP contribution in [0.3, 0.4) is 0 Å². The van der Waals surface area contributed by atoms with E-state index in [0.29, 0.717) is 11.8 Å². The molecule has 1 aliphatic rings. The van der Waals surface area contributed by atoms with Crippen molar-refractivity contribution in [3.05, 3.63) is 34.4 Å². The molecule has 1 aliphatic heterocycles. The minimum absolute atomic E-state index is 0.0709. The molecule has 1 heterocycles. The van der Waals surface area contributed by atoms with Gasteiger partial charge in [-0.2, -0.15) is 0 Å². The number of hydrogen-bond acceptors (Lipinski definition) is 3. The molecule has 22 heavy (non-hydrogen) atoms. The number of para-hydroxylation sites is 2. The SMILES string of the molecule is C[C@@H]1C[C@H](C)C[NH+]([C@@H](C)C(=O)Nc2ccccc2[N+](=O)[O-])C1. The first-order valence-electron chi connectivity index (χ1n) is 7.77. The van der Waals surface area contributed by atoms with E-state index >= 15 is 0 Å². The third-order valence-electron chi connectivity index (χ3n) is 4.39. The second-order valence-electron chi connectivity index (χ2n) is 6.50.